The average molecular weight is 332 g/mol. The molecule has 0 saturated heterocycles. The number of hydrogen-bond donors (Lipinski definition) is 4. The number of aromatic nitrogens is 2. The zero-order chi connectivity index (χ0) is 17.9. The van der Waals surface area contributed by atoms with Crippen molar-refractivity contribution in [1.29, 1.82) is 0 Å². The van der Waals surface area contributed by atoms with Gasteiger partial charge in [0.2, 0.25) is 0 Å². The van der Waals surface area contributed by atoms with Gasteiger partial charge in [-0.15, -0.1) is 0 Å². The number of anilines is 3. The van der Waals surface area contributed by atoms with Crippen molar-refractivity contribution >= 4 is 23.2 Å². The van der Waals surface area contributed by atoms with Crippen LogP contribution in [0.1, 0.15) is 29.8 Å². The molecule has 6 N–H and O–H groups in total. The number of nitrogens with two attached hydrogens (primary N) is 2. The van der Waals surface area contributed by atoms with E-state index in [1.165, 1.54) is 0 Å². The van der Waals surface area contributed by atoms with Crippen molar-refractivity contribution in [3.63, 3.8) is 0 Å². The predicted octanol–water partition coefficient (Wildman–Crippen LogP) is 1.91. The third kappa shape index (κ3) is 4.17. The van der Waals surface area contributed by atoms with Gasteiger partial charge < -0.3 is 22.1 Å². The monoisotopic (exact) mass is 332 g/mol. The van der Waals surface area contributed by atoms with Crippen molar-refractivity contribution in [2.24, 2.45) is 11.5 Å². The van der Waals surface area contributed by atoms with Crippen molar-refractivity contribution in [3.05, 3.63) is 41.5 Å². The summed E-state index contributed by atoms with van der Waals surface area (Å²) in [6, 6.07) is 2.46. The van der Waals surface area contributed by atoms with Crippen LogP contribution in [0.2, 0.25) is 0 Å². The molecule has 7 nitrogen and oxygen atoms in total. The highest BCUT2D eigenvalue weighted by molar-refractivity contribution is 5.98. The van der Waals surface area contributed by atoms with E-state index in [-0.39, 0.29) is 29.3 Å². The van der Waals surface area contributed by atoms with Gasteiger partial charge in [-0.3, -0.25) is 9.78 Å². The van der Waals surface area contributed by atoms with Crippen LogP contribution in [-0.2, 0) is 0 Å². The zero-order valence-electron chi connectivity index (χ0n) is 13.8. The molecule has 0 aliphatic carbocycles. The summed E-state index contributed by atoms with van der Waals surface area (Å²) in [5.74, 6) is -1.32. The minimum Gasteiger partial charge on any atom is -0.365 e. The third-order valence-electron chi connectivity index (χ3n) is 3.53. The first-order valence-electron chi connectivity index (χ1n) is 7.49. The first-order chi connectivity index (χ1) is 11.3. The minimum atomic E-state index is -0.781. The molecule has 0 bridgehead atoms. The highest BCUT2D eigenvalue weighted by atomic mass is 19.1. The number of halogens is 1. The average Bonchev–Trinajstić information content (AvgIpc) is 2.49. The smallest absolute Gasteiger partial charge is 0.252 e. The van der Waals surface area contributed by atoms with Gasteiger partial charge in [0.15, 0.2) is 11.6 Å². The molecule has 24 heavy (non-hydrogen) atoms. The van der Waals surface area contributed by atoms with Crippen LogP contribution in [0, 0.1) is 12.7 Å². The normalized spacial score (nSPS) is 13.2. The van der Waals surface area contributed by atoms with Crippen molar-refractivity contribution in [1.82, 2.24) is 9.97 Å². The van der Waals surface area contributed by atoms with Gasteiger partial charge in [0.05, 0.1) is 17.4 Å². The van der Waals surface area contributed by atoms with Gasteiger partial charge in [0.25, 0.3) is 5.91 Å². The maximum absolute atomic E-state index is 14.2. The molecule has 8 heteroatoms. The van der Waals surface area contributed by atoms with E-state index in [0.717, 1.165) is 11.6 Å². The standard InChI is InChI=1S/C16H21FN6O/c1-8-4-11(7-20-6-8)22-15-12(14(19)24)5-13(17)16(23-15)21-10(3)9(2)18/h4-7,9-10H,18H2,1-3H3,(H2,19,24)(H2,21,22,23)/t9-,10+/m0/s1. The molecule has 0 spiro atoms. The number of aryl methyl sites for hydroxylation is 1. The fourth-order valence-corrected chi connectivity index (χ4v) is 1.98. The zero-order valence-corrected chi connectivity index (χ0v) is 13.8. The lowest BCUT2D eigenvalue weighted by molar-refractivity contribution is 0.100. The Kier molecular flexibility index (Phi) is 5.30. The third-order valence-corrected chi connectivity index (χ3v) is 3.53. The van der Waals surface area contributed by atoms with Crippen LogP contribution in [0.25, 0.3) is 0 Å². The van der Waals surface area contributed by atoms with Crippen LogP contribution in [0.3, 0.4) is 0 Å². The Balaban J connectivity index is 2.41. The molecule has 128 valence electrons. The number of nitrogens with one attached hydrogen (secondary N) is 2. The molecule has 0 aliphatic heterocycles. The molecule has 2 rings (SSSR count). The summed E-state index contributed by atoms with van der Waals surface area (Å²) in [7, 11) is 0. The van der Waals surface area contributed by atoms with E-state index >= 15 is 0 Å². The van der Waals surface area contributed by atoms with Gasteiger partial charge in [0.1, 0.15) is 5.82 Å². The molecular formula is C16H21FN6O. The number of rotatable bonds is 6. The molecule has 2 aromatic heterocycles. The van der Waals surface area contributed by atoms with E-state index in [9.17, 15) is 9.18 Å². The quantitative estimate of drug-likeness (QED) is 0.641. The van der Waals surface area contributed by atoms with Crippen molar-refractivity contribution in [2.75, 3.05) is 10.6 Å². The van der Waals surface area contributed by atoms with Gasteiger partial charge >= 0.3 is 0 Å². The first kappa shape index (κ1) is 17.6. The Labute approximate surface area is 139 Å². The topological polar surface area (TPSA) is 119 Å². The van der Waals surface area contributed by atoms with Crippen molar-refractivity contribution < 1.29 is 9.18 Å². The van der Waals surface area contributed by atoms with Crippen LogP contribution < -0.4 is 22.1 Å². The molecule has 0 radical (unpaired) electrons. The second-order valence-electron chi connectivity index (χ2n) is 5.75. The second kappa shape index (κ2) is 7.22. The Morgan fingerprint density at radius 2 is 1.96 bits per heavy atom. The van der Waals surface area contributed by atoms with Gasteiger partial charge in [0, 0.05) is 18.3 Å². The number of carbonyl (C=O) groups excluding carboxylic acids is 1. The summed E-state index contributed by atoms with van der Waals surface area (Å²) >= 11 is 0. The summed E-state index contributed by atoms with van der Waals surface area (Å²) < 4.78 is 14.2. The minimum absolute atomic E-state index is 0.00656. The Morgan fingerprint density at radius 3 is 2.54 bits per heavy atom. The number of pyridine rings is 2. The lowest BCUT2D eigenvalue weighted by atomic mass is 10.1. The lowest BCUT2D eigenvalue weighted by Gasteiger charge is -2.20. The van der Waals surface area contributed by atoms with Crippen LogP contribution in [-0.4, -0.2) is 28.0 Å². The van der Waals surface area contributed by atoms with E-state index in [2.05, 4.69) is 20.6 Å². The van der Waals surface area contributed by atoms with Crippen molar-refractivity contribution in [2.45, 2.75) is 32.9 Å². The van der Waals surface area contributed by atoms with E-state index in [0.29, 0.717) is 5.69 Å². The maximum atomic E-state index is 14.2. The van der Waals surface area contributed by atoms with Crippen molar-refractivity contribution in [3.8, 4) is 0 Å². The van der Waals surface area contributed by atoms with E-state index in [4.69, 9.17) is 11.5 Å². The largest absolute Gasteiger partial charge is 0.365 e. The summed E-state index contributed by atoms with van der Waals surface area (Å²) in [5.41, 5.74) is 12.6. The van der Waals surface area contributed by atoms with Crippen LogP contribution >= 0.6 is 0 Å². The molecule has 0 saturated carbocycles. The van der Waals surface area contributed by atoms with Crippen LogP contribution in [0.15, 0.2) is 24.5 Å². The molecular weight excluding hydrogens is 311 g/mol. The number of primary amides is 1. The Morgan fingerprint density at radius 1 is 1.25 bits per heavy atom. The molecule has 2 heterocycles. The van der Waals surface area contributed by atoms with E-state index in [1.807, 2.05) is 19.9 Å². The van der Waals surface area contributed by atoms with Gasteiger partial charge in [-0.1, -0.05) is 0 Å². The van der Waals surface area contributed by atoms with Crippen LogP contribution in [0.5, 0.6) is 0 Å². The predicted molar refractivity (Wildman–Crippen MR) is 91.7 cm³/mol. The highest BCUT2D eigenvalue weighted by Gasteiger charge is 2.18. The van der Waals surface area contributed by atoms with E-state index in [1.54, 1.807) is 19.3 Å². The highest BCUT2D eigenvalue weighted by Crippen LogP contribution is 2.24. The summed E-state index contributed by atoms with van der Waals surface area (Å²) in [6.45, 7) is 5.48. The number of amides is 1. The second-order valence-corrected chi connectivity index (χ2v) is 5.75. The van der Waals surface area contributed by atoms with Gasteiger partial charge in [-0.25, -0.2) is 9.37 Å². The van der Waals surface area contributed by atoms with E-state index < -0.39 is 11.7 Å². The molecule has 2 aromatic rings. The molecule has 0 aromatic carbocycles. The van der Waals surface area contributed by atoms with Gasteiger partial charge in [-0.05, 0) is 38.5 Å². The molecule has 0 fully saturated rings. The number of nitrogens with zero attached hydrogens (tertiary/aromatic N) is 2. The fraction of sp³-hybridized carbons (Fsp3) is 0.312. The lowest BCUT2D eigenvalue weighted by Crippen LogP contribution is -2.35. The summed E-state index contributed by atoms with van der Waals surface area (Å²) in [4.78, 5) is 19.8. The molecule has 1 amide bonds. The van der Waals surface area contributed by atoms with Gasteiger partial charge in [-0.2, -0.15) is 0 Å². The number of hydrogen-bond acceptors (Lipinski definition) is 6. The summed E-state index contributed by atoms with van der Waals surface area (Å²) in [5, 5.41) is 5.85. The van der Waals surface area contributed by atoms with Crippen LogP contribution in [0.4, 0.5) is 21.7 Å². The Hall–Kier alpha value is -2.74. The Bertz CT molecular complexity index is 749. The molecule has 2 atom stereocenters. The maximum Gasteiger partial charge on any atom is 0.252 e. The molecule has 0 aliphatic rings. The summed E-state index contributed by atoms with van der Waals surface area (Å²) in [6.07, 6.45) is 3.26. The SMILES string of the molecule is Cc1cncc(Nc2nc(N[C@H](C)[C@H](C)N)c(F)cc2C(N)=O)c1. The molecule has 0 unspecified atom stereocenters. The fourth-order valence-electron chi connectivity index (χ4n) is 1.98. The number of carbonyl (C=O) groups is 1. The first-order valence-corrected chi connectivity index (χ1v) is 7.49.